The summed E-state index contributed by atoms with van der Waals surface area (Å²) in [5.74, 6) is -0.729. The minimum Gasteiger partial charge on any atom is -0.350 e. The maximum atomic E-state index is 12.5. The molecule has 8 heteroatoms. The molecule has 1 aromatic carbocycles. The summed E-state index contributed by atoms with van der Waals surface area (Å²) in [4.78, 5) is 37.3. The number of aromatic nitrogens is 3. The van der Waals surface area contributed by atoms with E-state index in [1.807, 2.05) is 45.0 Å². The van der Waals surface area contributed by atoms with Crippen molar-refractivity contribution in [2.45, 2.75) is 26.3 Å². The van der Waals surface area contributed by atoms with E-state index >= 15 is 0 Å². The zero-order valence-electron chi connectivity index (χ0n) is 14.7. The van der Waals surface area contributed by atoms with E-state index in [4.69, 9.17) is 0 Å². The summed E-state index contributed by atoms with van der Waals surface area (Å²) in [6, 6.07) is 7.71. The molecular weight excluding hydrogens is 350 g/mol. The van der Waals surface area contributed by atoms with Gasteiger partial charge in [-0.3, -0.25) is 9.59 Å². The van der Waals surface area contributed by atoms with Gasteiger partial charge in [0.05, 0.1) is 16.8 Å². The first-order valence-corrected chi connectivity index (χ1v) is 8.91. The molecule has 3 rings (SSSR count). The molecule has 0 fully saturated rings. The number of fused-ring (bicyclic) bond motifs is 1. The smallest absolute Gasteiger partial charge is 0.272 e. The zero-order valence-corrected chi connectivity index (χ0v) is 15.6. The van der Waals surface area contributed by atoms with Crippen LogP contribution in [-0.2, 0) is 4.79 Å². The fourth-order valence-electron chi connectivity index (χ4n) is 2.34. The third-order valence-corrected chi connectivity index (χ3v) is 4.38. The third-order valence-electron chi connectivity index (χ3n) is 3.33. The van der Waals surface area contributed by atoms with Gasteiger partial charge in [-0.15, -0.1) is 11.3 Å². The molecule has 2 N–H and O–H groups in total. The molecule has 0 aliphatic carbocycles. The number of thiazole rings is 1. The van der Waals surface area contributed by atoms with Crippen LogP contribution in [0.25, 0.3) is 20.9 Å². The van der Waals surface area contributed by atoms with Gasteiger partial charge in [0.15, 0.2) is 5.69 Å². The van der Waals surface area contributed by atoms with Crippen LogP contribution in [0.1, 0.15) is 31.3 Å². The van der Waals surface area contributed by atoms with Crippen LogP contribution in [0.4, 0.5) is 0 Å². The van der Waals surface area contributed by atoms with Gasteiger partial charge in [-0.1, -0.05) is 12.1 Å². The Labute approximate surface area is 154 Å². The van der Waals surface area contributed by atoms with E-state index in [1.165, 1.54) is 23.7 Å². The Morgan fingerprint density at radius 3 is 2.58 bits per heavy atom. The average molecular weight is 369 g/mol. The molecule has 0 saturated carbocycles. The first-order chi connectivity index (χ1) is 12.3. The van der Waals surface area contributed by atoms with Crippen molar-refractivity contribution in [3.8, 4) is 10.7 Å². The molecule has 26 heavy (non-hydrogen) atoms. The number of para-hydroxylation sites is 1. The van der Waals surface area contributed by atoms with E-state index in [1.54, 1.807) is 0 Å². The van der Waals surface area contributed by atoms with Crippen LogP contribution in [0.15, 0.2) is 36.7 Å². The van der Waals surface area contributed by atoms with Gasteiger partial charge in [0.25, 0.3) is 5.91 Å². The number of carbonyl (C=O) groups is 2. The van der Waals surface area contributed by atoms with Crippen molar-refractivity contribution in [1.29, 1.82) is 0 Å². The van der Waals surface area contributed by atoms with Crippen molar-refractivity contribution in [3.05, 3.63) is 42.4 Å². The van der Waals surface area contributed by atoms with Gasteiger partial charge in [0, 0.05) is 17.9 Å². The van der Waals surface area contributed by atoms with Crippen molar-refractivity contribution in [3.63, 3.8) is 0 Å². The van der Waals surface area contributed by atoms with Gasteiger partial charge in [-0.25, -0.2) is 15.0 Å². The Balaban J connectivity index is 1.80. The average Bonchev–Trinajstić information content (AvgIpc) is 3.02. The minimum absolute atomic E-state index is 0.133. The van der Waals surface area contributed by atoms with E-state index < -0.39 is 5.91 Å². The topological polar surface area (TPSA) is 96.9 Å². The largest absolute Gasteiger partial charge is 0.350 e. The monoisotopic (exact) mass is 369 g/mol. The molecule has 0 aliphatic rings. The summed E-state index contributed by atoms with van der Waals surface area (Å²) in [5.41, 5.74) is 1.03. The number of nitrogens with one attached hydrogen (secondary N) is 2. The number of amides is 2. The number of hydrogen-bond donors (Lipinski definition) is 2. The van der Waals surface area contributed by atoms with E-state index in [2.05, 4.69) is 25.6 Å². The van der Waals surface area contributed by atoms with Gasteiger partial charge >= 0.3 is 0 Å². The Morgan fingerprint density at radius 2 is 1.85 bits per heavy atom. The highest BCUT2D eigenvalue weighted by atomic mass is 32.1. The Morgan fingerprint density at radius 1 is 1.12 bits per heavy atom. The second kappa shape index (κ2) is 7.17. The minimum atomic E-state index is -0.462. The standard InChI is InChI=1S/C18H19N5O2S/c1-18(2,3)23-13(24)10-21-16(25)14-15(20-9-8-19-14)17-22-11-6-4-5-7-12(11)26-17/h4-9H,10H2,1-3H3,(H,21,25)(H,23,24). The lowest BCUT2D eigenvalue weighted by Crippen LogP contribution is -2.46. The second-order valence-electron chi connectivity index (χ2n) is 6.72. The molecule has 2 aromatic heterocycles. The molecule has 0 aliphatic heterocycles. The summed E-state index contributed by atoms with van der Waals surface area (Å²) in [7, 11) is 0. The molecule has 0 unspecified atom stereocenters. The van der Waals surface area contributed by atoms with E-state index in [9.17, 15) is 9.59 Å². The van der Waals surface area contributed by atoms with E-state index in [0.717, 1.165) is 10.2 Å². The van der Waals surface area contributed by atoms with Gasteiger partial charge < -0.3 is 10.6 Å². The van der Waals surface area contributed by atoms with Crippen molar-refractivity contribution in [1.82, 2.24) is 25.6 Å². The maximum absolute atomic E-state index is 12.5. The SMILES string of the molecule is CC(C)(C)NC(=O)CNC(=O)c1nccnc1-c1nc2ccccc2s1. The molecule has 0 bridgehead atoms. The molecule has 134 valence electrons. The molecule has 0 atom stereocenters. The highest BCUT2D eigenvalue weighted by Gasteiger charge is 2.20. The molecule has 3 aromatic rings. The van der Waals surface area contributed by atoms with Crippen molar-refractivity contribution >= 4 is 33.4 Å². The van der Waals surface area contributed by atoms with Crippen LogP contribution in [0.2, 0.25) is 0 Å². The third kappa shape index (κ3) is 4.20. The summed E-state index contributed by atoms with van der Waals surface area (Å²) in [6.45, 7) is 5.49. The predicted octanol–water partition coefficient (Wildman–Crippen LogP) is 2.40. The highest BCUT2D eigenvalue weighted by molar-refractivity contribution is 7.21. The van der Waals surface area contributed by atoms with Crippen LogP contribution in [0, 0.1) is 0 Å². The van der Waals surface area contributed by atoms with Gasteiger partial charge in [-0.05, 0) is 32.9 Å². The van der Waals surface area contributed by atoms with Crippen LogP contribution in [0.5, 0.6) is 0 Å². The Kier molecular flexibility index (Phi) is 4.94. The lowest BCUT2D eigenvalue weighted by atomic mass is 10.1. The molecule has 2 amide bonds. The van der Waals surface area contributed by atoms with Gasteiger partial charge in [0.1, 0.15) is 10.7 Å². The number of hydrogen-bond acceptors (Lipinski definition) is 6. The van der Waals surface area contributed by atoms with Gasteiger partial charge in [-0.2, -0.15) is 0 Å². The lowest BCUT2D eigenvalue weighted by molar-refractivity contribution is -0.121. The second-order valence-corrected chi connectivity index (χ2v) is 7.75. The van der Waals surface area contributed by atoms with E-state index in [-0.39, 0.29) is 23.7 Å². The quantitative estimate of drug-likeness (QED) is 0.736. The van der Waals surface area contributed by atoms with Gasteiger partial charge in [0.2, 0.25) is 5.91 Å². The summed E-state index contributed by atoms with van der Waals surface area (Å²) >= 11 is 1.44. The van der Waals surface area contributed by atoms with E-state index in [0.29, 0.717) is 10.7 Å². The summed E-state index contributed by atoms with van der Waals surface area (Å²) < 4.78 is 1.00. The first kappa shape index (κ1) is 17.9. The van der Waals surface area contributed by atoms with Crippen LogP contribution in [0.3, 0.4) is 0 Å². The van der Waals surface area contributed by atoms with Crippen LogP contribution in [-0.4, -0.2) is 38.8 Å². The van der Waals surface area contributed by atoms with Crippen molar-refractivity contribution in [2.75, 3.05) is 6.54 Å². The summed E-state index contributed by atoms with van der Waals surface area (Å²) in [5, 5.41) is 5.99. The number of rotatable bonds is 4. The lowest BCUT2D eigenvalue weighted by Gasteiger charge is -2.20. The predicted molar refractivity (Wildman–Crippen MR) is 101 cm³/mol. The normalized spacial score (nSPS) is 11.3. The molecule has 2 heterocycles. The summed E-state index contributed by atoms with van der Waals surface area (Å²) in [6.07, 6.45) is 2.96. The number of carbonyl (C=O) groups excluding carboxylic acids is 2. The Hall–Kier alpha value is -2.87. The number of nitrogens with zero attached hydrogens (tertiary/aromatic N) is 3. The molecule has 0 saturated heterocycles. The molecular formula is C18H19N5O2S. The fourth-order valence-corrected chi connectivity index (χ4v) is 3.30. The molecule has 7 nitrogen and oxygen atoms in total. The van der Waals surface area contributed by atoms with Crippen LogP contribution >= 0.6 is 11.3 Å². The van der Waals surface area contributed by atoms with Crippen molar-refractivity contribution in [2.24, 2.45) is 0 Å². The highest BCUT2D eigenvalue weighted by Crippen LogP contribution is 2.29. The molecule has 0 radical (unpaired) electrons. The molecule has 0 spiro atoms. The Bertz CT molecular complexity index is 928. The van der Waals surface area contributed by atoms with Crippen LogP contribution < -0.4 is 10.6 Å². The fraction of sp³-hybridized carbons (Fsp3) is 0.278. The first-order valence-electron chi connectivity index (χ1n) is 8.10. The van der Waals surface area contributed by atoms with Crippen molar-refractivity contribution < 1.29 is 9.59 Å². The number of benzene rings is 1. The maximum Gasteiger partial charge on any atom is 0.272 e. The zero-order chi connectivity index (χ0) is 18.7.